The first-order valence-electron chi connectivity index (χ1n) is 10.6. The molecular weight excluding hydrogens is 396 g/mol. The minimum atomic E-state index is 0.142. The first-order valence-corrected chi connectivity index (χ1v) is 11.4. The molecule has 0 saturated carbocycles. The van der Waals surface area contributed by atoms with Crippen molar-refractivity contribution in [2.24, 2.45) is 0 Å². The van der Waals surface area contributed by atoms with Gasteiger partial charge in [-0.3, -0.25) is 4.79 Å². The van der Waals surface area contributed by atoms with E-state index >= 15 is 0 Å². The van der Waals surface area contributed by atoms with Gasteiger partial charge in [0.2, 0.25) is 5.91 Å². The maximum absolute atomic E-state index is 13.1. The topological polar surface area (TPSA) is 51.7 Å². The number of aryl methyl sites for hydroxylation is 1. The van der Waals surface area contributed by atoms with Gasteiger partial charge in [0.05, 0.1) is 28.4 Å². The molecular formula is C24H28N2O3S. The summed E-state index contributed by atoms with van der Waals surface area (Å²) in [5, 5.41) is 1.10. The Morgan fingerprint density at radius 3 is 2.97 bits per heavy atom. The van der Waals surface area contributed by atoms with Crippen LogP contribution in [0, 0.1) is 0 Å². The molecule has 0 spiro atoms. The average molecular weight is 425 g/mol. The van der Waals surface area contributed by atoms with E-state index in [1.54, 1.807) is 18.4 Å². The summed E-state index contributed by atoms with van der Waals surface area (Å²) in [7, 11) is 1.66. The van der Waals surface area contributed by atoms with Crippen molar-refractivity contribution in [2.75, 3.05) is 20.3 Å². The molecule has 1 aliphatic heterocycles. The lowest BCUT2D eigenvalue weighted by Gasteiger charge is -2.26. The van der Waals surface area contributed by atoms with E-state index in [0.717, 1.165) is 54.1 Å². The van der Waals surface area contributed by atoms with Crippen molar-refractivity contribution in [3.8, 4) is 5.75 Å². The fourth-order valence-electron chi connectivity index (χ4n) is 3.86. The maximum atomic E-state index is 13.1. The second-order valence-electron chi connectivity index (χ2n) is 7.69. The molecule has 0 radical (unpaired) electrons. The highest BCUT2D eigenvalue weighted by molar-refractivity contribution is 7.18. The fraction of sp³-hybridized carbons (Fsp3) is 0.417. The number of para-hydroxylation sites is 1. The number of benzene rings is 2. The Morgan fingerprint density at radius 1 is 1.27 bits per heavy atom. The number of methoxy groups -OCH3 is 1. The van der Waals surface area contributed by atoms with Crippen LogP contribution < -0.4 is 4.74 Å². The Morgan fingerprint density at radius 2 is 2.17 bits per heavy atom. The van der Waals surface area contributed by atoms with Gasteiger partial charge < -0.3 is 14.4 Å². The van der Waals surface area contributed by atoms with Crippen LogP contribution in [-0.4, -0.2) is 42.2 Å². The molecule has 1 atom stereocenters. The first kappa shape index (κ1) is 20.8. The van der Waals surface area contributed by atoms with E-state index in [-0.39, 0.29) is 12.0 Å². The van der Waals surface area contributed by atoms with Crippen molar-refractivity contribution in [1.29, 1.82) is 0 Å². The van der Waals surface area contributed by atoms with Crippen LogP contribution in [0.3, 0.4) is 0 Å². The number of aromatic nitrogens is 1. The number of amides is 1. The van der Waals surface area contributed by atoms with Crippen molar-refractivity contribution in [2.45, 2.75) is 44.8 Å². The normalized spacial score (nSPS) is 16.1. The van der Waals surface area contributed by atoms with Gasteiger partial charge in [-0.05, 0) is 55.5 Å². The van der Waals surface area contributed by atoms with Crippen molar-refractivity contribution in [3.63, 3.8) is 0 Å². The van der Waals surface area contributed by atoms with Gasteiger partial charge in [-0.25, -0.2) is 4.98 Å². The van der Waals surface area contributed by atoms with Gasteiger partial charge in [-0.15, -0.1) is 11.3 Å². The highest BCUT2D eigenvalue weighted by Gasteiger charge is 2.23. The summed E-state index contributed by atoms with van der Waals surface area (Å²) in [6, 6.07) is 16.1. The number of hydrogen-bond donors (Lipinski definition) is 0. The van der Waals surface area contributed by atoms with Gasteiger partial charge in [0.1, 0.15) is 5.75 Å². The van der Waals surface area contributed by atoms with Crippen molar-refractivity contribution in [1.82, 2.24) is 9.88 Å². The lowest BCUT2D eigenvalue weighted by Crippen LogP contribution is -2.36. The van der Waals surface area contributed by atoms with Crippen LogP contribution in [0.4, 0.5) is 0 Å². The minimum absolute atomic E-state index is 0.142. The Kier molecular flexibility index (Phi) is 6.97. The number of carbonyl (C=O) groups excluding carboxylic acids is 1. The predicted octanol–water partition coefficient (Wildman–Crippen LogP) is 4.84. The van der Waals surface area contributed by atoms with Crippen LogP contribution in [0.1, 0.15) is 36.3 Å². The van der Waals surface area contributed by atoms with Gasteiger partial charge >= 0.3 is 0 Å². The minimum Gasteiger partial charge on any atom is -0.497 e. The molecule has 4 rings (SSSR count). The van der Waals surface area contributed by atoms with Crippen LogP contribution in [0.25, 0.3) is 10.2 Å². The molecule has 1 aromatic heterocycles. The lowest BCUT2D eigenvalue weighted by molar-refractivity contribution is -0.133. The summed E-state index contributed by atoms with van der Waals surface area (Å²) in [5.74, 6) is 0.988. The lowest BCUT2D eigenvalue weighted by atomic mass is 10.1. The summed E-state index contributed by atoms with van der Waals surface area (Å²) in [4.78, 5) is 19.7. The zero-order valence-corrected chi connectivity index (χ0v) is 18.2. The van der Waals surface area contributed by atoms with Gasteiger partial charge in [0.25, 0.3) is 0 Å². The average Bonchev–Trinajstić information content (AvgIpc) is 3.42. The number of fused-ring (bicyclic) bond motifs is 1. The second-order valence-corrected chi connectivity index (χ2v) is 8.80. The Balaban J connectivity index is 1.37. The molecule has 6 heteroatoms. The first-order chi connectivity index (χ1) is 14.7. The van der Waals surface area contributed by atoms with Crippen LogP contribution in [0.15, 0.2) is 48.5 Å². The molecule has 1 aliphatic rings. The summed E-state index contributed by atoms with van der Waals surface area (Å²) in [6.45, 7) is 2.03. The largest absolute Gasteiger partial charge is 0.497 e. The van der Waals surface area contributed by atoms with E-state index < -0.39 is 0 Å². The van der Waals surface area contributed by atoms with Crippen molar-refractivity contribution >= 4 is 27.5 Å². The molecule has 1 unspecified atom stereocenters. The highest BCUT2D eigenvalue weighted by atomic mass is 32.1. The summed E-state index contributed by atoms with van der Waals surface area (Å²) in [6.07, 6.45) is 4.39. The summed E-state index contributed by atoms with van der Waals surface area (Å²) in [5.41, 5.74) is 2.12. The molecule has 5 nitrogen and oxygen atoms in total. The van der Waals surface area contributed by atoms with E-state index in [1.807, 2.05) is 47.4 Å². The summed E-state index contributed by atoms with van der Waals surface area (Å²) >= 11 is 1.72. The van der Waals surface area contributed by atoms with Gasteiger partial charge in [-0.1, -0.05) is 24.3 Å². The quantitative estimate of drug-likeness (QED) is 0.493. The molecule has 158 valence electrons. The zero-order valence-electron chi connectivity index (χ0n) is 17.4. The van der Waals surface area contributed by atoms with E-state index in [1.165, 1.54) is 4.70 Å². The standard InChI is InChI=1S/C24H28N2O3S/c1-28-19-8-4-7-18(15-19)16-26(17-20-9-6-14-29-20)24(27)13-5-12-23-25-21-10-2-3-11-22(21)30-23/h2-4,7-8,10-11,15,20H,5-6,9,12-14,16-17H2,1H3. The molecule has 0 N–H and O–H groups in total. The van der Waals surface area contributed by atoms with Gasteiger partial charge in [0, 0.05) is 26.1 Å². The SMILES string of the molecule is COc1cccc(CN(CC2CCCO2)C(=O)CCCc2nc3ccccc3s2)c1. The van der Waals surface area contributed by atoms with E-state index in [4.69, 9.17) is 9.47 Å². The van der Waals surface area contributed by atoms with Crippen molar-refractivity contribution < 1.29 is 14.3 Å². The van der Waals surface area contributed by atoms with E-state index in [0.29, 0.717) is 19.5 Å². The predicted molar refractivity (Wildman–Crippen MR) is 120 cm³/mol. The Bertz CT molecular complexity index is 948. The third-order valence-electron chi connectivity index (χ3n) is 5.43. The molecule has 2 aromatic carbocycles. The molecule has 0 bridgehead atoms. The number of thiazole rings is 1. The van der Waals surface area contributed by atoms with Crippen LogP contribution in [0.5, 0.6) is 5.75 Å². The molecule has 1 fully saturated rings. The van der Waals surface area contributed by atoms with E-state index in [9.17, 15) is 4.79 Å². The van der Waals surface area contributed by atoms with Crippen LogP contribution in [0.2, 0.25) is 0 Å². The molecule has 30 heavy (non-hydrogen) atoms. The van der Waals surface area contributed by atoms with E-state index in [2.05, 4.69) is 11.1 Å². The fourth-order valence-corrected chi connectivity index (χ4v) is 4.86. The monoisotopic (exact) mass is 424 g/mol. The maximum Gasteiger partial charge on any atom is 0.222 e. The Hall–Kier alpha value is -2.44. The highest BCUT2D eigenvalue weighted by Crippen LogP contribution is 2.23. The number of hydrogen-bond acceptors (Lipinski definition) is 5. The number of ether oxygens (including phenoxy) is 2. The molecule has 2 heterocycles. The third-order valence-corrected chi connectivity index (χ3v) is 6.52. The van der Waals surface area contributed by atoms with Crippen LogP contribution >= 0.6 is 11.3 Å². The molecule has 1 saturated heterocycles. The summed E-state index contributed by atoms with van der Waals surface area (Å²) < 4.78 is 12.3. The van der Waals surface area contributed by atoms with Crippen LogP contribution in [-0.2, 0) is 22.5 Å². The van der Waals surface area contributed by atoms with Gasteiger partial charge in [-0.2, -0.15) is 0 Å². The number of rotatable bonds is 9. The molecule has 3 aromatic rings. The zero-order chi connectivity index (χ0) is 20.8. The third kappa shape index (κ3) is 5.37. The molecule has 1 amide bonds. The number of nitrogens with zero attached hydrogens (tertiary/aromatic N) is 2. The van der Waals surface area contributed by atoms with Crippen molar-refractivity contribution in [3.05, 3.63) is 59.1 Å². The second kappa shape index (κ2) is 10.0. The van der Waals surface area contributed by atoms with Gasteiger partial charge in [0.15, 0.2) is 0 Å². The molecule has 0 aliphatic carbocycles. The number of carbonyl (C=O) groups is 1. The Labute approximate surface area is 181 Å². The smallest absolute Gasteiger partial charge is 0.222 e.